The summed E-state index contributed by atoms with van der Waals surface area (Å²) in [6, 6.07) is 14.3. The van der Waals surface area contributed by atoms with Crippen molar-refractivity contribution in [3.8, 4) is 5.75 Å². The van der Waals surface area contributed by atoms with E-state index in [9.17, 15) is 4.79 Å². The van der Waals surface area contributed by atoms with Gasteiger partial charge in [-0.2, -0.15) is 0 Å². The molecule has 0 aliphatic carbocycles. The minimum atomic E-state index is -0.220. The summed E-state index contributed by atoms with van der Waals surface area (Å²) in [5, 5.41) is 3.97. The number of hydrogen-bond donors (Lipinski definition) is 1. The molecule has 1 atom stereocenters. The van der Waals surface area contributed by atoms with E-state index in [1.165, 1.54) is 0 Å². The monoisotopic (exact) mass is 323 g/mol. The molecule has 21 heavy (non-hydrogen) atoms. The van der Waals surface area contributed by atoms with Gasteiger partial charge in [0.25, 0.3) is 5.91 Å². The van der Waals surface area contributed by atoms with E-state index in [0.717, 1.165) is 5.56 Å². The normalized spacial score (nSPS) is 11.8. The average Bonchev–Trinajstić information content (AvgIpc) is 2.46. The van der Waals surface area contributed by atoms with Crippen molar-refractivity contribution >= 4 is 29.1 Å². The van der Waals surface area contributed by atoms with Crippen LogP contribution in [0.1, 0.15) is 18.5 Å². The number of carbonyl (C=O) groups excluding carboxylic acids is 1. The van der Waals surface area contributed by atoms with Gasteiger partial charge in [-0.1, -0.05) is 47.5 Å². The zero-order chi connectivity index (χ0) is 15.2. The molecule has 0 unspecified atom stereocenters. The number of ether oxygens (including phenoxy) is 1. The van der Waals surface area contributed by atoms with Crippen molar-refractivity contribution in [2.45, 2.75) is 13.0 Å². The third kappa shape index (κ3) is 4.66. The van der Waals surface area contributed by atoms with Crippen molar-refractivity contribution in [3.05, 3.63) is 64.1 Å². The molecule has 2 aromatic rings. The molecule has 0 radical (unpaired) electrons. The van der Waals surface area contributed by atoms with Gasteiger partial charge in [0.15, 0.2) is 6.61 Å². The van der Waals surface area contributed by atoms with Crippen LogP contribution in [0.5, 0.6) is 5.75 Å². The molecule has 0 bridgehead atoms. The van der Waals surface area contributed by atoms with Gasteiger partial charge in [0, 0.05) is 5.02 Å². The molecule has 1 N–H and O–H groups in total. The van der Waals surface area contributed by atoms with E-state index in [1.54, 1.807) is 30.3 Å². The van der Waals surface area contributed by atoms with Crippen LogP contribution in [0.4, 0.5) is 0 Å². The van der Waals surface area contributed by atoms with Crippen molar-refractivity contribution in [1.82, 2.24) is 5.32 Å². The minimum Gasteiger partial charge on any atom is -0.482 e. The second kappa shape index (κ2) is 7.34. The smallest absolute Gasteiger partial charge is 0.258 e. The van der Waals surface area contributed by atoms with Crippen LogP contribution in [0.3, 0.4) is 0 Å². The van der Waals surface area contributed by atoms with Gasteiger partial charge in [0.2, 0.25) is 0 Å². The van der Waals surface area contributed by atoms with E-state index in [4.69, 9.17) is 27.9 Å². The average molecular weight is 324 g/mol. The van der Waals surface area contributed by atoms with Crippen LogP contribution in [0.15, 0.2) is 48.5 Å². The molecular weight excluding hydrogens is 309 g/mol. The Labute approximate surface area is 133 Å². The van der Waals surface area contributed by atoms with E-state index in [0.29, 0.717) is 15.8 Å². The molecule has 0 saturated carbocycles. The van der Waals surface area contributed by atoms with Crippen LogP contribution in [-0.4, -0.2) is 12.5 Å². The van der Waals surface area contributed by atoms with Gasteiger partial charge in [-0.25, -0.2) is 0 Å². The third-order valence-electron chi connectivity index (χ3n) is 2.92. The maximum absolute atomic E-state index is 11.9. The zero-order valence-corrected chi connectivity index (χ0v) is 13.0. The van der Waals surface area contributed by atoms with Crippen LogP contribution in [0.25, 0.3) is 0 Å². The standard InChI is InChI=1S/C16H15Cl2NO2/c1-11(12-5-4-6-13(17)9-12)19-16(20)10-21-15-8-3-2-7-14(15)18/h2-9,11H,10H2,1H3,(H,19,20)/t11-/m1/s1. The summed E-state index contributed by atoms with van der Waals surface area (Å²) < 4.78 is 5.39. The number of para-hydroxylation sites is 1. The lowest BCUT2D eigenvalue weighted by molar-refractivity contribution is -0.123. The highest BCUT2D eigenvalue weighted by molar-refractivity contribution is 6.32. The molecule has 0 heterocycles. The Bertz CT molecular complexity index is 631. The lowest BCUT2D eigenvalue weighted by Crippen LogP contribution is -2.31. The molecule has 2 rings (SSSR count). The zero-order valence-electron chi connectivity index (χ0n) is 11.5. The maximum Gasteiger partial charge on any atom is 0.258 e. The molecular formula is C16H15Cl2NO2. The van der Waals surface area contributed by atoms with Gasteiger partial charge < -0.3 is 10.1 Å². The van der Waals surface area contributed by atoms with E-state index in [1.807, 2.05) is 25.1 Å². The molecule has 110 valence electrons. The Balaban J connectivity index is 1.89. The topological polar surface area (TPSA) is 38.3 Å². The summed E-state index contributed by atoms with van der Waals surface area (Å²) in [7, 11) is 0. The molecule has 3 nitrogen and oxygen atoms in total. The largest absolute Gasteiger partial charge is 0.482 e. The molecule has 5 heteroatoms. The number of halogens is 2. The van der Waals surface area contributed by atoms with Gasteiger partial charge in [-0.3, -0.25) is 4.79 Å². The lowest BCUT2D eigenvalue weighted by atomic mass is 10.1. The first-order valence-corrected chi connectivity index (χ1v) is 7.24. The van der Waals surface area contributed by atoms with Crippen LogP contribution < -0.4 is 10.1 Å². The first-order chi connectivity index (χ1) is 10.1. The predicted octanol–water partition coefficient (Wildman–Crippen LogP) is 4.25. The molecule has 0 aromatic heterocycles. The van der Waals surface area contributed by atoms with Gasteiger partial charge in [0.05, 0.1) is 11.1 Å². The van der Waals surface area contributed by atoms with E-state index < -0.39 is 0 Å². The number of carbonyl (C=O) groups is 1. The second-order valence-corrected chi connectivity index (χ2v) is 5.41. The van der Waals surface area contributed by atoms with Crippen LogP contribution >= 0.6 is 23.2 Å². The Hall–Kier alpha value is -1.71. The van der Waals surface area contributed by atoms with Crippen molar-refractivity contribution in [1.29, 1.82) is 0 Å². The van der Waals surface area contributed by atoms with Crippen molar-refractivity contribution < 1.29 is 9.53 Å². The summed E-state index contributed by atoms with van der Waals surface area (Å²) in [5.41, 5.74) is 0.939. The van der Waals surface area contributed by atoms with Gasteiger partial charge in [-0.15, -0.1) is 0 Å². The third-order valence-corrected chi connectivity index (χ3v) is 3.47. The Morgan fingerprint density at radius 3 is 2.67 bits per heavy atom. The summed E-state index contributed by atoms with van der Waals surface area (Å²) >= 11 is 11.9. The van der Waals surface area contributed by atoms with Crippen LogP contribution in [-0.2, 0) is 4.79 Å². The van der Waals surface area contributed by atoms with Crippen molar-refractivity contribution in [2.24, 2.45) is 0 Å². The first-order valence-electron chi connectivity index (χ1n) is 6.48. The molecule has 0 saturated heterocycles. The van der Waals surface area contributed by atoms with Gasteiger partial charge >= 0.3 is 0 Å². The van der Waals surface area contributed by atoms with Crippen LogP contribution in [0, 0.1) is 0 Å². The summed E-state index contributed by atoms with van der Waals surface area (Å²) in [6.45, 7) is 1.80. The number of benzene rings is 2. The molecule has 0 spiro atoms. The van der Waals surface area contributed by atoms with E-state index in [2.05, 4.69) is 5.32 Å². The minimum absolute atomic E-state index is 0.0887. The Morgan fingerprint density at radius 2 is 1.95 bits per heavy atom. The molecule has 0 aliphatic heterocycles. The SMILES string of the molecule is C[C@@H](NC(=O)COc1ccccc1Cl)c1cccc(Cl)c1. The highest BCUT2D eigenvalue weighted by Crippen LogP contribution is 2.23. The highest BCUT2D eigenvalue weighted by Gasteiger charge is 2.11. The Kier molecular flexibility index (Phi) is 5.48. The quantitative estimate of drug-likeness (QED) is 0.893. The van der Waals surface area contributed by atoms with E-state index in [-0.39, 0.29) is 18.6 Å². The Morgan fingerprint density at radius 1 is 1.19 bits per heavy atom. The number of amides is 1. The van der Waals surface area contributed by atoms with Crippen LogP contribution in [0.2, 0.25) is 10.0 Å². The van der Waals surface area contributed by atoms with Crippen molar-refractivity contribution in [3.63, 3.8) is 0 Å². The van der Waals surface area contributed by atoms with Gasteiger partial charge in [0.1, 0.15) is 5.75 Å². The summed E-state index contributed by atoms with van der Waals surface area (Å²) in [5.74, 6) is 0.270. The fourth-order valence-corrected chi connectivity index (χ4v) is 2.24. The summed E-state index contributed by atoms with van der Waals surface area (Å²) in [6.07, 6.45) is 0. The number of hydrogen-bond acceptors (Lipinski definition) is 2. The number of nitrogens with one attached hydrogen (secondary N) is 1. The molecule has 2 aromatic carbocycles. The fraction of sp³-hybridized carbons (Fsp3) is 0.188. The second-order valence-electron chi connectivity index (χ2n) is 4.56. The molecule has 0 fully saturated rings. The first kappa shape index (κ1) is 15.7. The molecule has 1 amide bonds. The maximum atomic E-state index is 11.9. The summed E-state index contributed by atoms with van der Waals surface area (Å²) in [4.78, 5) is 11.9. The van der Waals surface area contributed by atoms with Crippen molar-refractivity contribution in [2.75, 3.05) is 6.61 Å². The predicted molar refractivity (Wildman–Crippen MR) is 85.0 cm³/mol. The lowest BCUT2D eigenvalue weighted by Gasteiger charge is -2.15. The molecule has 0 aliphatic rings. The highest BCUT2D eigenvalue weighted by atomic mass is 35.5. The number of rotatable bonds is 5. The van der Waals surface area contributed by atoms with E-state index >= 15 is 0 Å². The van der Waals surface area contributed by atoms with Gasteiger partial charge in [-0.05, 0) is 36.8 Å². The fourth-order valence-electron chi connectivity index (χ4n) is 1.85.